The summed E-state index contributed by atoms with van der Waals surface area (Å²) in [5, 5.41) is 15.3. The highest BCUT2D eigenvalue weighted by Crippen LogP contribution is 2.42. The molecule has 0 aliphatic carbocycles. The summed E-state index contributed by atoms with van der Waals surface area (Å²) in [6.45, 7) is 3.62. The summed E-state index contributed by atoms with van der Waals surface area (Å²) in [5.74, 6) is -0.538. The molecule has 0 spiro atoms. The zero-order chi connectivity index (χ0) is 26.0. The molecule has 3 rings (SSSR count). The van der Waals surface area contributed by atoms with Crippen LogP contribution in [0.1, 0.15) is 16.7 Å². The lowest BCUT2D eigenvalue weighted by Crippen LogP contribution is -2.47. The number of hydrogen-bond donors (Lipinski definition) is 1. The lowest BCUT2D eigenvalue weighted by Gasteiger charge is -2.32. The molecule has 0 aliphatic rings. The number of halogens is 7. The fraction of sp³-hybridized carbons (Fsp3) is 0.208. The van der Waals surface area contributed by atoms with Gasteiger partial charge in [-0.1, -0.05) is 41.9 Å². The lowest BCUT2D eigenvalue weighted by atomic mass is 9.92. The summed E-state index contributed by atoms with van der Waals surface area (Å²) >= 11 is 5.53. The SMILES string of the molecule is C=NN(c1ccccc1)c1ccc(C(O)(COc2ccc(Cl)c(C(F)(F)F)c2)C(F)(F)F)cc1C. The fourth-order valence-corrected chi connectivity index (χ4v) is 3.57. The molecule has 0 saturated heterocycles. The maximum absolute atomic E-state index is 14.0. The van der Waals surface area contributed by atoms with Crippen LogP contribution in [0.5, 0.6) is 5.75 Å². The van der Waals surface area contributed by atoms with Crippen LogP contribution in [0, 0.1) is 6.92 Å². The van der Waals surface area contributed by atoms with Crippen molar-refractivity contribution in [3.8, 4) is 5.75 Å². The van der Waals surface area contributed by atoms with E-state index in [4.69, 9.17) is 16.3 Å². The number of para-hydroxylation sites is 1. The van der Waals surface area contributed by atoms with E-state index in [1.54, 1.807) is 30.3 Å². The van der Waals surface area contributed by atoms with E-state index >= 15 is 0 Å². The summed E-state index contributed by atoms with van der Waals surface area (Å²) < 4.78 is 86.1. The first-order chi connectivity index (χ1) is 16.3. The van der Waals surface area contributed by atoms with Gasteiger partial charge in [-0.2, -0.15) is 31.4 Å². The van der Waals surface area contributed by atoms with Gasteiger partial charge in [0.15, 0.2) is 0 Å². The second-order valence-corrected chi connectivity index (χ2v) is 7.98. The summed E-state index contributed by atoms with van der Waals surface area (Å²) in [5.41, 5.74) is -4.01. The van der Waals surface area contributed by atoms with Gasteiger partial charge in [-0.3, -0.25) is 0 Å². The van der Waals surface area contributed by atoms with Gasteiger partial charge in [0.05, 0.1) is 22.0 Å². The standard InChI is InChI=1S/C24H19ClF6N2O2/c1-15-12-16(8-11-21(15)33(32-2)17-6-4-3-5-7-17)22(34,24(29,30)31)14-35-18-9-10-20(25)19(13-18)23(26,27)28/h3-13,34H,2,14H2,1H3. The van der Waals surface area contributed by atoms with Crippen LogP contribution in [0.15, 0.2) is 71.8 Å². The van der Waals surface area contributed by atoms with Crippen molar-refractivity contribution in [2.45, 2.75) is 24.9 Å². The molecule has 35 heavy (non-hydrogen) atoms. The average Bonchev–Trinajstić information content (AvgIpc) is 2.79. The Labute approximate surface area is 202 Å². The van der Waals surface area contributed by atoms with Crippen LogP contribution in [0.3, 0.4) is 0 Å². The largest absolute Gasteiger partial charge is 0.490 e. The van der Waals surface area contributed by atoms with E-state index in [2.05, 4.69) is 11.8 Å². The van der Waals surface area contributed by atoms with Crippen LogP contribution >= 0.6 is 11.6 Å². The lowest BCUT2D eigenvalue weighted by molar-refractivity contribution is -0.275. The molecular formula is C24H19ClF6N2O2. The van der Waals surface area contributed by atoms with Gasteiger partial charge in [-0.05, 0) is 54.4 Å². The van der Waals surface area contributed by atoms with E-state index in [1.165, 1.54) is 18.0 Å². The van der Waals surface area contributed by atoms with Crippen molar-refractivity contribution in [2.75, 3.05) is 11.6 Å². The zero-order valence-corrected chi connectivity index (χ0v) is 18.9. The first-order valence-electron chi connectivity index (χ1n) is 9.99. The topological polar surface area (TPSA) is 45.1 Å². The van der Waals surface area contributed by atoms with Gasteiger partial charge in [0.25, 0.3) is 0 Å². The maximum atomic E-state index is 14.0. The Morgan fingerprint density at radius 3 is 2.17 bits per heavy atom. The number of rotatable bonds is 7. The van der Waals surface area contributed by atoms with Gasteiger partial charge in [0.2, 0.25) is 5.60 Å². The van der Waals surface area contributed by atoms with Gasteiger partial charge in [-0.25, -0.2) is 5.01 Å². The van der Waals surface area contributed by atoms with Crippen LogP contribution in [-0.2, 0) is 11.8 Å². The molecule has 0 radical (unpaired) electrons. The van der Waals surface area contributed by atoms with Crippen molar-refractivity contribution < 1.29 is 36.2 Å². The highest BCUT2D eigenvalue weighted by molar-refractivity contribution is 6.31. The second-order valence-electron chi connectivity index (χ2n) is 7.58. The number of benzene rings is 3. The number of alkyl halides is 6. The first kappa shape index (κ1) is 26.4. The van der Waals surface area contributed by atoms with E-state index in [9.17, 15) is 31.4 Å². The summed E-state index contributed by atoms with van der Waals surface area (Å²) in [4.78, 5) is 0. The minimum atomic E-state index is -5.21. The molecule has 1 N–H and O–H groups in total. The number of aryl methyl sites for hydroxylation is 1. The van der Waals surface area contributed by atoms with Gasteiger partial charge < -0.3 is 9.84 Å². The van der Waals surface area contributed by atoms with Crippen molar-refractivity contribution >= 4 is 29.7 Å². The minimum absolute atomic E-state index is 0.326. The number of hydrogen-bond acceptors (Lipinski definition) is 4. The molecule has 0 aromatic heterocycles. The molecule has 0 bridgehead atoms. The van der Waals surface area contributed by atoms with Crippen molar-refractivity contribution in [3.63, 3.8) is 0 Å². The van der Waals surface area contributed by atoms with Gasteiger partial charge in [0.1, 0.15) is 12.4 Å². The van der Waals surface area contributed by atoms with Crippen LogP contribution in [0.2, 0.25) is 5.02 Å². The molecule has 0 saturated carbocycles. The summed E-state index contributed by atoms with van der Waals surface area (Å²) in [6, 6.07) is 14.5. The average molecular weight is 517 g/mol. The highest BCUT2D eigenvalue weighted by Gasteiger charge is 2.56. The summed E-state index contributed by atoms with van der Waals surface area (Å²) in [6.07, 6.45) is -10.1. The predicted octanol–water partition coefficient (Wildman–Crippen LogP) is 7.25. The van der Waals surface area contributed by atoms with Crippen LogP contribution in [0.25, 0.3) is 0 Å². The van der Waals surface area contributed by atoms with Crippen LogP contribution in [0.4, 0.5) is 37.7 Å². The molecule has 0 heterocycles. The molecule has 11 heteroatoms. The quantitative estimate of drug-likeness (QED) is 0.204. The number of anilines is 2. The van der Waals surface area contributed by atoms with E-state index in [0.717, 1.165) is 24.3 Å². The molecule has 0 fully saturated rings. The molecule has 3 aromatic rings. The molecule has 0 aliphatic heterocycles. The Morgan fingerprint density at radius 1 is 0.971 bits per heavy atom. The Balaban J connectivity index is 1.95. The molecule has 186 valence electrons. The van der Waals surface area contributed by atoms with Gasteiger partial charge >= 0.3 is 12.4 Å². The minimum Gasteiger partial charge on any atom is -0.490 e. The highest BCUT2D eigenvalue weighted by atomic mass is 35.5. The Kier molecular flexibility index (Phi) is 7.37. The maximum Gasteiger partial charge on any atom is 0.424 e. The normalized spacial score (nSPS) is 13.7. The van der Waals surface area contributed by atoms with Crippen LogP contribution < -0.4 is 9.75 Å². The molecule has 4 nitrogen and oxygen atoms in total. The summed E-state index contributed by atoms with van der Waals surface area (Å²) in [7, 11) is 0. The second kappa shape index (κ2) is 9.79. The third-order valence-corrected chi connectivity index (χ3v) is 5.53. The van der Waals surface area contributed by atoms with E-state index < -0.39 is 46.5 Å². The molecule has 0 amide bonds. The number of nitrogens with zero attached hydrogens (tertiary/aromatic N) is 2. The van der Waals surface area contributed by atoms with E-state index in [-0.39, 0.29) is 0 Å². The Morgan fingerprint density at radius 2 is 1.63 bits per heavy atom. The molecular weight excluding hydrogens is 498 g/mol. The van der Waals surface area contributed by atoms with Crippen molar-refractivity contribution in [1.29, 1.82) is 0 Å². The smallest absolute Gasteiger partial charge is 0.424 e. The molecule has 1 unspecified atom stereocenters. The van der Waals surface area contributed by atoms with Gasteiger partial charge in [0, 0.05) is 6.72 Å². The molecule has 3 aromatic carbocycles. The fourth-order valence-electron chi connectivity index (χ4n) is 3.34. The van der Waals surface area contributed by atoms with Crippen molar-refractivity contribution in [2.24, 2.45) is 5.10 Å². The van der Waals surface area contributed by atoms with Crippen molar-refractivity contribution in [3.05, 3.63) is 88.4 Å². The first-order valence-corrected chi connectivity index (χ1v) is 10.4. The van der Waals surface area contributed by atoms with E-state index in [0.29, 0.717) is 23.0 Å². The molecule has 1 atom stereocenters. The van der Waals surface area contributed by atoms with Crippen LogP contribution in [-0.4, -0.2) is 24.6 Å². The Bertz CT molecular complexity index is 1200. The zero-order valence-electron chi connectivity index (χ0n) is 18.2. The predicted molar refractivity (Wildman–Crippen MR) is 121 cm³/mol. The third-order valence-electron chi connectivity index (χ3n) is 5.20. The van der Waals surface area contributed by atoms with E-state index in [1.807, 2.05) is 0 Å². The van der Waals surface area contributed by atoms with Crippen molar-refractivity contribution in [1.82, 2.24) is 0 Å². The number of hydrazone groups is 1. The Hall–Kier alpha value is -3.24. The number of aliphatic hydroxyl groups is 1. The monoisotopic (exact) mass is 516 g/mol. The third kappa shape index (κ3) is 5.54. The van der Waals surface area contributed by atoms with Gasteiger partial charge in [-0.15, -0.1) is 0 Å². The number of ether oxygens (including phenoxy) is 1.